The molecule has 2 bridgehead atoms. The summed E-state index contributed by atoms with van der Waals surface area (Å²) in [6.45, 7) is 2.39. The number of piperidine rings is 1. The Bertz CT molecular complexity index is 753. The summed E-state index contributed by atoms with van der Waals surface area (Å²) in [6.07, 6.45) is 3.53. The topological polar surface area (TPSA) is 37.5 Å². The molecule has 3 atom stereocenters. The fourth-order valence-electron chi connectivity index (χ4n) is 5.26. The van der Waals surface area contributed by atoms with E-state index in [1.807, 2.05) is 13.2 Å². The Morgan fingerprint density at radius 3 is 3.00 bits per heavy atom. The summed E-state index contributed by atoms with van der Waals surface area (Å²) < 4.78 is 11.6. The van der Waals surface area contributed by atoms with Crippen molar-refractivity contribution < 1.29 is 9.47 Å². The van der Waals surface area contributed by atoms with E-state index in [0.29, 0.717) is 6.04 Å². The van der Waals surface area contributed by atoms with Gasteiger partial charge >= 0.3 is 0 Å². The second-order valence-corrected chi connectivity index (χ2v) is 7.05. The fourth-order valence-corrected chi connectivity index (χ4v) is 5.26. The van der Waals surface area contributed by atoms with Gasteiger partial charge in [0.1, 0.15) is 11.4 Å². The highest BCUT2D eigenvalue weighted by Crippen LogP contribution is 2.54. The Balaban J connectivity index is 1.77. The van der Waals surface area contributed by atoms with Crippen molar-refractivity contribution in [1.82, 2.24) is 9.88 Å². The third-order valence-electron chi connectivity index (χ3n) is 6.17. The van der Waals surface area contributed by atoms with E-state index in [2.05, 4.69) is 22.0 Å². The van der Waals surface area contributed by atoms with Crippen LogP contribution in [-0.2, 0) is 16.8 Å². The lowest BCUT2D eigenvalue weighted by Gasteiger charge is -2.40. The van der Waals surface area contributed by atoms with Crippen molar-refractivity contribution in [2.45, 2.75) is 30.9 Å². The van der Waals surface area contributed by atoms with Crippen molar-refractivity contribution in [3.63, 3.8) is 0 Å². The normalized spacial score (nSPS) is 33.2. The molecule has 4 nitrogen and oxygen atoms in total. The van der Waals surface area contributed by atoms with Crippen LogP contribution in [0.15, 0.2) is 18.2 Å². The Labute approximate surface area is 130 Å². The molecule has 2 fully saturated rings. The highest BCUT2D eigenvalue weighted by molar-refractivity contribution is 5.86. The molecule has 1 aromatic carbocycles. The number of aromatic amines is 1. The van der Waals surface area contributed by atoms with Gasteiger partial charge in [-0.05, 0) is 48.9 Å². The van der Waals surface area contributed by atoms with Gasteiger partial charge in [-0.25, -0.2) is 0 Å². The van der Waals surface area contributed by atoms with Crippen molar-refractivity contribution in [3.8, 4) is 5.75 Å². The number of nitrogens with one attached hydrogen (secondary N) is 1. The standard InChI is InChI=1S/C18H22N2O2/c1-21-12-3-4-15-14(8-12)13-5-6-20-10-11-7-16(20)18(9-11,22-2)17(13)19-15/h3-4,8,11,16,19H,5-7,9-10H2,1-2H3/t11-,16-,18-/m0/s1. The number of benzene rings is 1. The van der Waals surface area contributed by atoms with Crippen LogP contribution in [-0.4, -0.2) is 43.2 Å². The molecule has 5 rings (SSSR count). The first-order chi connectivity index (χ1) is 10.7. The molecule has 2 aromatic rings. The van der Waals surface area contributed by atoms with Gasteiger partial charge < -0.3 is 14.5 Å². The lowest BCUT2D eigenvalue weighted by molar-refractivity contribution is -0.0801. The molecule has 2 aliphatic heterocycles. The van der Waals surface area contributed by atoms with Crippen LogP contribution in [0.25, 0.3) is 10.9 Å². The van der Waals surface area contributed by atoms with E-state index in [-0.39, 0.29) is 5.60 Å². The van der Waals surface area contributed by atoms with Crippen LogP contribution in [0, 0.1) is 5.92 Å². The predicted octanol–water partition coefficient (Wildman–Crippen LogP) is 2.67. The molecule has 0 radical (unpaired) electrons. The molecule has 1 aliphatic carbocycles. The third kappa shape index (κ3) is 1.45. The van der Waals surface area contributed by atoms with Crippen molar-refractivity contribution in [2.75, 3.05) is 27.3 Å². The lowest BCUT2D eigenvalue weighted by atomic mass is 9.88. The molecule has 4 heteroatoms. The molecule has 22 heavy (non-hydrogen) atoms. The SMILES string of the molecule is COc1ccc2[nH]c3c(c2c1)CCN1C[C@H]2C[C@H]1[C@@]3(OC)C2. The molecule has 116 valence electrons. The van der Waals surface area contributed by atoms with Crippen molar-refractivity contribution in [3.05, 3.63) is 29.5 Å². The van der Waals surface area contributed by atoms with Gasteiger partial charge in [0, 0.05) is 37.1 Å². The monoisotopic (exact) mass is 298 g/mol. The maximum Gasteiger partial charge on any atom is 0.123 e. The molecule has 3 aliphatic rings. The largest absolute Gasteiger partial charge is 0.497 e. The minimum atomic E-state index is -0.138. The zero-order chi connectivity index (χ0) is 14.9. The zero-order valence-corrected chi connectivity index (χ0v) is 13.2. The Morgan fingerprint density at radius 2 is 2.23 bits per heavy atom. The van der Waals surface area contributed by atoms with Crippen LogP contribution in [0.4, 0.5) is 0 Å². The molecule has 1 saturated carbocycles. The molecular formula is C18H22N2O2. The first-order valence-electron chi connectivity index (χ1n) is 8.23. The quantitative estimate of drug-likeness (QED) is 0.926. The van der Waals surface area contributed by atoms with Crippen LogP contribution in [0.2, 0.25) is 0 Å². The molecule has 3 heterocycles. The third-order valence-corrected chi connectivity index (χ3v) is 6.17. The number of methoxy groups -OCH3 is 2. The van der Waals surface area contributed by atoms with Gasteiger partial charge in [0.05, 0.1) is 12.8 Å². The summed E-state index contributed by atoms with van der Waals surface area (Å²) >= 11 is 0. The van der Waals surface area contributed by atoms with Crippen LogP contribution in [0.5, 0.6) is 5.75 Å². The highest BCUT2D eigenvalue weighted by atomic mass is 16.5. The minimum absolute atomic E-state index is 0.138. The maximum absolute atomic E-state index is 6.19. The lowest BCUT2D eigenvalue weighted by Crippen LogP contribution is -2.49. The van der Waals surface area contributed by atoms with Crippen molar-refractivity contribution >= 4 is 10.9 Å². The maximum atomic E-state index is 6.19. The van der Waals surface area contributed by atoms with Gasteiger partial charge in [-0.15, -0.1) is 0 Å². The van der Waals surface area contributed by atoms with Crippen molar-refractivity contribution in [1.29, 1.82) is 0 Å². The molecule has 1 aromatic heterocycles. The average Bonchev–Trinajstić information content (AvgIpc) is 3.21. The van der Waals surface area contributed by atoms with Gasteiger partial charge in [0.2, 0.25) is 0 Å². The minimum Gasteiger partial charge on any atom is -0.497 e. The molecular weight excluding hydrogens is 276 g/mol. The summed E-state index contributed by atoms with van der Waals surface area (Å²) in [6, 6.07) is 6.88. The van der Waals surface area contributed by atoms with Gasteiger partial charge in [0.15, 0.2) is 0 Å². The fraction of sp³-hybridized carbons (Fsp3) is 0.556. The smallest absolute Gasteiger partial charge is 0.123 e. The number of fused-ring (bicyclic) bond motifs is 5. The van der Waals surface area contributed by atoms with Crippen LogP contribution in [0.1, 0.15) is 24.1 Å². The summed E-state index contributed by atoms with van der Waals surface area (Å²) in [5.41, 5.74) is 3.83. The molecule has 0 spiro atoms. The molecule has 0 unspecified atom stereocenters. The number of aromatic nitrogens is 1. The number of hydrogen-bond acceptors (Lipinski definition) is 3. The Kier molecular flexibility index (Phi) is 2.52. The average molecular weight is 298 g/mol. The number of hydrogen-bond donors (Lipinski definition) is 1. The van der Waals surface area contributed by atoms with E-state index in [0.717, 1.165) is 31.1 Å². The molecule has 1 saturated heterocycles. The zero-order valence-electron chi connectivity index (χ0n) is 13.2. The first kappa shape index (κ1) is 13.0. The van der Waals surface area contributed by atoms with Gasteiger partial charge in [-0.1, -0.05) is 0 Å². The predicted molar refractivity (Wildman–Crippen MR) is 85.3 cm³/mol. The van der Waals surface area contributed by atoms with Crippen molar-refractivity contribution in [2.24, 2.45) is 5.92 Å². The highest BCUT2D eigenvalue weighted by Gasteiger charge is 2.58. The molecule has 0 amide bonds. The summed E-state index contributed by atoms with van der Waals surface area (Å²) in [4.78, 5) is 6.35. The Morgan fingerprint density at radius 1 is 1.32 bits per heavy atom. The second kappa shape index (κ2) is 4.27. The number of nitrogens with zero attached hydrogens (tertiary/aromatic N) is 1. The van der Waals surface area contributed by atoms with E-state index in [1.54, 1.807) is 7.11 Å². The number of rotatable bonds is 2. The van der Waals surface area contributed by atoms with E-state index in [9.17, 15) is 0 Å². The summed E-state index contributed by atoms with van der Waals surface area (Å²) in [5.74, 6) is 1.72. The summed E-state index contributed by atoms with van der Waals surface area (Å²) in [7, 11) is 3.62. The summed E-state index contributed by atoms with van der Waals surface area (Å²) in [5, 5.41) is 1.30. The van der Waals surface area contributed by atoms with Gasteiger partial charge in [0.25, 0.3) is 0 Å². The Hall–Kier alpha value is -1.52. The van der Waals surface area contributed by atoms with E-state index >= 15 is 0 Å². The van der Waals surface area contributed by atoms with Gasteiger partial charge in [-0.3, -0.25) is 4.90 Å². The second-order valence-electron chi connectivity index (χ2n) is 7.05. The number of H-pyrrole nitrogens is 1. The van der Waals surface area contributed by atoms with Crippen LogP contribution < -0.4 is 4.74 Å². The first-order valence-corrected chi connectivity index (χ1v) is 8.23. The molecule has 1 N–H and O–H groups in total. The van der Waals surface area contributed by atoms with E-state index < -0.39 is 0 Å². The van der Waals surface area contributed by atoms with Crippen LogP contribution >= 0.6 is 0 Å². The van der Waals surface area contributed by atoms with Gasteiger partial charge in [-0.2, -0.15) is 0 Å². The number of ether oxygens (including phenoxy) is 2. The van der Waals surface area contributed by atoms with Crippen LogP contribution in [0.3, 0.4) is 0 Å². The van der Waals surface area contributed by atoms with E-state index in [4.69, 9.17) is 9.47 Å². The van der Waals surface area contributed by atoms with E-state index in [1.165, 1.54) is 35.1 Å².